The molecule has 1 rings (SSSR count). The minimum atomic E-state index is -1.09. The molecule has 8 heteroatoms. The summed E-state index contributed by atoms with van der Waals surface area (Å²) in [6, 6.07) is 2.59. The van der Waals surface area contributed by atoms with Gasteiger partial charge in [0.2, 0.25) is 0 Å². The quantitative estimate of drug-likeness (QED) is 0.641. The van der Waals surface area contributed by atoms with Crippen LogP contribution in [-0.2, 0) is 4.79 Å². The molecule has 7 nitrogen and oxygen atoms in total. The standard InChI is InChI=1S/C11H11FN2O5/c1-13(5-4-10(15)16)11(17)8-3-2-7(12)6-9(8)14(18)19/h2-3,6H,4-5H2,1H3,(H,15,16). The van der Waals surface area contributed by atoms with Gasteiger partial charge in [-0.1, -0.05) is 0 Å². The molecule has 1 N–H and O–H groups in total. The molecule has 0 fully saturated rings. The maximum Gasteiger partial charge on any atom is 0.305 e. The Balaban J connectivity index is 2.99. The normalized spacial score (nSPS) is 10.0. The Kier molecular flexibility index (Phi) is 4.51. The Labute approximate surface area is 107 Å². The fraction of sp³-hybridized carbons (Fsp3) is 0.273. The largest absolute Gasteiger partial charge is 0.481 e. The molecule has 102 valence electrons. The first-order valence-corrected chi connectivity index (χ1v) is 5.24. The van der Waals surface area contributed by atoms with Gasteiger partial charge in [0.15, 0.2) is 0 Å². The predicted molar refractivity (Wildman–Crippen MR) is 62.3 cm³/mol. The number of amides is 1. The van der Waals surface area contributed by atoms with Crippen LogP contribution in [-0.4, -0.2) is 40.4 Å². The highest BCUT2D eigenvalue weighted by Gasteiger charge is 2.23. The number of hydrogen-bond donors (Lipinski definition) is 1. The number of carboxylic acids is 1. The highest BCUT2D eigenvalue weighted by molar-refractivity contribution is 5.98. The van der Waals surface area contributed by atoms with Gasteiger partial charge >= 0.3 is 5.97 Å². The lowest BCUT2D eigenvalue weighted by atomic mass is 10.1. The van der Waals surface area contributed by atoms with E-state index in [1.807, 2.05) is 0 Å². The second kappa shape index (κ2) is 5.89. The Morgan fingerprint density at radius 3 is 2.63 bits per heavy atom. The van der Waals surface area contributed by atoms with Crippen molar-refractivity contribution in [1.82, 2.24) is 4.90 Å². The van der Waals surface area contributed by atoms with Gasteiger partial charge in [0, 0.05) is 13.6 Å². The van der Waals surface area contributed by atoms with Crippen LogP contribution in [0.3, 0.4) is 0 Å². The van der Waals surface area contributed by atoms with Crippen LogP contribution in [0.5, 0.6) is 0 Å². The lowest BCUT2D eigenvalue weighted by Gasteiger charge is -2.15. The summed E-state index contributed by atoms with van der Waals surface area (Å²) in [6.45, 7) is -0.0945. The number of nitro groups is 1. The zero-order chi connectivity index (χ0) is 14.6. The molecule has 0 aliphatic heterocycles. The van der Waals surface area contributed by atoms with Gasteiger partial charge in [-0.2, -0.15) is 0 Å². The van der Waals surface area contributed by atoms with Crippen LogP contribution >= 0.6 is 0 Å². The van der Waals surface area contributed by atoms with E-state index in [9.17, 15) is 24.1 Å². The van der Waals surface area contributed by atoms with Gasteiger partial charge in [-0.25, -0.2) is 4.39 Å². The molecule has 0 unspecified atom stereocenters. The summed E-state index contributed by atoms with van der Waals surface area (Å²) < 4.78 is 12.9. The number of nitro benzene ring substituents is 1. The van der Waals surface area contributed by atoms with Gasteiger partial charge in [-0.15, -0.1) is 0 Å². The van der Waals surface area contributed by atoms with E-state index >= 15 is 0 Å². The fourth-order valence-corrected chi connectivity index (χ4v) is 1.41. The van der Waals surface area contributed by atoms with Gasteiger partial charge in [0.1, 0.15) is 11.4 Å². The molecule has 0 radical (unpaired) electrons. The SMILES string of the molecule is CN(CCC(=O)O)C(=O)c1ccc(F)cc1[N+](=O)[O-]. The summed E-state index contributed by atoms with van der Waals surface area (Å²) in [5, 5.41) is 19.2. The van der Waals surface area contributed by atoms with E-state index < -0.39 is 28.3 Å². The molecule has 0 aromatic heterocycles. The monoisotopic (exact) mass is 270 g/mol. The highest BCUT2D eigenvalue weighted by Crippen LogP contribution is 2.21. The van der Waals surface area contributed by atoms with E-state index in [1.54, 1.807) is 0 Å². The number of benzene rings is 1. The predicted octanol–water partition coefficient (Wildman–Crippen LogP) is 1.28. The molecule has 0 saturated carbocycles. The smallest absolute Gasteiger partial charge is 0.305 e. The lowest BCUT2D eigenvalue weighted by Crippen LogP contribution is -2.29. The van der Waals surface area contributed by atoms with Gasteiger partial charge in [-0.3, -0.25) is 19.7 Å². The second-order valence-corrected chi connectivity index (χ2v) is 3.79. The number of hydrogen-bond acceptors (Lipinski definition) is 4. The maximum absolute atomic E-state index is 12.9. The number of halogens is 1. The van der Waals surface area contributed by atoms with Crippen LogP contribution in [0.4, 0.5) is 10.1 Å². The van der Waals surface area contributed by atoms with Gasteiger partial charge < -0.3 is 10.0 Å². The Morgan fingerprint density at radius 2 is 2.11 bits per heavy atom. The first-order valence-electron chi connectivity index (χ1n) is 5.24. The molecular weight excluding hydrogens is 259 g/mol. The Hall–Kier alpha value is -2.51. The average Bonchev–Trinajstić information content (AvgIpc) is 2.34. The second-order valence-electron chi connectivity index (χ2n) is 3.79. The van der Waals surface area contributed by atoms with Crippen LogP contribution in [0.15, 0.2) is 18.2 Å². The minimum Gasteiger partial charge on any atom is -0.481 e. The molecule has 0 bridgehead atoms. The van der Waals surface area contributed by atoms with E-state index in [2.05, 4.69) is 0 Å². The summed E-state index contributed by atoms with van der Waals surface area (Å²) in [7, 11) is 1.32. The number of carbonyl (C=O) groups excluding carboxylic acids is 1. The summed E-state index contributed by atoms with van der Waals surface area (Å²) in [5.74, 6) is -2.64. The van der Waals surface area contributed by atoms with E-state index in [4.69, 9.17) is 5.11 Å². The van der Waals surface area contributed by atoms with Crippen molar-refractivity contribution in [3.63, 3.8) is 0 Å². The number of nitrogens with zero attached hydrogens (tertiary/aromatic N) is 2. The van der Waals surface area contributed by atoms with Crippen LogP contribution < -0.4 is 0 Å². The van der Waals surface area contributed by atoms with Crippen molar-refractivity contribution < 1.29 is 24.0 Å². The van der Waals surface area contributed by atoms with Crippen LogP contribution in [0.1, 0.15) is 16.8 Å². The molecule has 0 heterocycles. The van der Waals surface area contributed by atoms with Gasteiger partial charge in [0.05, 0.1) is 17.4 Å². The van der Waals surface area contributed by atoms with E-state index in [0.29, 0.717) is 6.07 Å². The minimum absolute atomic E-state index is 0.0945. The lowest BCUT2D eigenvalue weighted by molar-refractivity contribution is -0.385. The first-order chi connectivity index (χ1) is 8.82. The van der Waals surface area contributed by atoms with Crippen LogP contribution in [0, 0.1) is 15.9 Å². The molecule has 0 atom stereocenters. The van der Waals surface area contributed by atoms with Gasteiger partial charge in [0.25, 0.3) is 11.6 Å². The average molecular weight is 270 g/mol. The van der Waals surface area contributed by atoms with Crippen molar-refractivity contribution in [2.45, 2.75) is 6.42 Å². The molecule has 19 heavy (non-hydrogen) atoms. The Morgan fingerprint density at radius 1 is 1.47 bits per heavy atom. The molecule has 1 amide bonds. The van der Waals surface area contributed by atoms with Crippen molar-refractivity contribution in [3.8, 4) is 0 Å². The number of carboxylic acid groups (broad SMARTS) is 1. The fourth-order valence-electron chi connectivity index (χ4n) is 1.41. The molecular formula is C11H11FN2O5. The van der Waals surface area contributed by atoms with E-state index in [0.717, 1.165) is 17.0 Å². The van der Waals surface area contributed by atoms with Crippen molar-refractivity contribution in [2.24, 2.45) is 0 Å². The summed E-state index contributed by atoms with van der Waals surface area (Å²) in [4.78, 5) is 33.2. The summed E-state index contributed by atoms with van der Waals surface area (Å²) >= 11 is 0. The highest BCUT2D eigenvalue weighted by atomic mass is 19.1. The summed E-state index contributed by atoms with van der Waals surface area (Å²) in [6.07, 6.45) is -0.281. The maximum atomic E-state index is 12.9. The number of carbonyl (C=O) groups is 2. The van der Waals surface area contributed by atoms with Crippen molar-refractivity contribution in [3.05, 3.63) is 39.7 Å². The van der Waals surface area contributed by atoms with Crippen molar-refractivity contribution in [2.75, 3.05) is 13.6 Å². The third-order valence-electron chi connectivity index (χ3n) is 2.39. The van der Waals surface area contributed by atoms with Crippen LogP contribution in [0.2, 0.25) is 0 Å². The zero-order valence-electron chi connectivity index (χ0n) is 10.00. The van der Waals surface area contributed by atoms with E-state index in [1.165, 1.54) is 7.05 Å². The van der Waals surface area contributed by atoms with Crippen molar-refractivity contribution in [1.29, 1.82) is 0 Å². The topological polar surface area (TPSA) is 101 Å². The zero-order valence-corrected chi connectivity index (χ0v) is 10.00. The molecule has 0 aliphatic rings. The van der Waals surface area contributed by atoms with Gasteiger partial charge in [-0.05, 0) is 12.1 Å². The third kappa shape index (κ3) is 3.73. The van der Waals surface area contributed by atoms with Crippen molar-refractivity contribution >= 4 is 17.6 Å². The number of rotatable bonds is 5. The summed E-state index contributed by atoms with van der Waals surface area (Å²) in [5.41, 5.74) is -0.925. The number of aliphatic carboxylic acids is 1. The molecule has 0 aliphatic carbocycles. The van der Waals surface area contributed by atoms with Crippen LogP contribution in [0.25, 0.3) is 0 Å². The van der Waals surface area contributed by atoms with E-state index in [-0.39, 0.29) is 18.5 Å². The molecule has 0 saturated heterocycles. The molecule has 1 aromatic rings. The molecule has 0 spiro atoms. The Bertz CT molecular complexity index is 532. The third-order valence-corrected chi connectivity index (χ3v) is 2.39. The first kappa shape index (κ1) is 14.6. The molecule has 1 aromatic carbocycles.